The second kappa shape index (κ2) is 12.7. The van der Waals surface area contributed by atoms with Crippen LogP contribution in [0.25, 0.3) is 28.2 Å². The number of hydrogen-bond donors (Lipinski definition) is 2. The molecular weight excluding hydrogens is 567 g/mol. The van der Waals surface area contributed by atoms with Gasteiger partial charge in [-0.3, -0.25) is 18.9 Å². The maximum absolute atomic E-state index is 14.1. The van der Waals surface area contributed by atoms with E-state index in [0.717, 1.165) is 34.4 Å². The van der Waals surface area contributed by atoms with Crippen molar-refractivity contribution in [1.82, 2.24) is 19.7 Å². The summed E-state index contributed by atoms with van der Waals surface area (Å²) in [6, 6.07) is 21.2. The summed E-state index contributed by atoms with van der Waals surface area (Å²) in [6.07, 6.45) is 1.76. The number of aromatic amines is 1. The van der Waals surface area contributed by atoms with Gasteiger partial charge in [-0.1, -0.05) is 67.0 Å². The van der Waals surface area contributed by atoms with E-state index in [2.05, 4.69) is 17.1 Å². The zero-order valence-corrected chi connectivity index (χ0v) is 27.7. The third-order valence-corrected chi connectivity index (χ3v) is 7.87. The maximum Gasteiger partial charge on any atom is 0.439 e. The molecule has 5 aromatic rings. The number of aliphatic hydroxyl groups is 1. The zero-order chi connectivity index (χ0) is 30.3. The van der Waals surface area contributed by atoms with E-state index in [0.29, 0.717) is 53.5 Å². The molecular formula is C34H34N4NaO5. The SMILES string of the molecule is CCCc1nc(C)n(-c2ccc3c(c2)C(O)CC(C)(C)O3)c(=O)c1Cc1ccc(-c2ccccc2-c2noc(=O)[nH]2)cc1.[Na]. The van der Waals surface area contributed by atoms with Crippen LogP contribution in [0.5, 0.6) is 5.75 Å². The summed E-state index contributed by atoms with van der Waals surface area (Å²) in [4.78, 5) is 33.2. The number of aryl methyl sites for hydroxylation is 2. The number of rotatable bonds is 7. The number of benzene rings is 3. The van der Waals surface area contributed by atoms with Gasteiger partial charge < -0.3 is 9.84 Å². The largest absolute Gasteiger partial charge is 0.487 e. The van der Waals surface area contributed by atoms with Gasteiger partial charge in [0.1, 0.15) is 17.2 Å². The molecule has 44 heavy (non-hydrogen) atoms. The van der Waals surface area contributed by atoms with Gasteiger partial charge >= 0.3 is 5.76 Å². The summed E-state index contributed by atoms with van der Waals surface area (Å²) < 4.78 is 12.4. The number of aromatic nitrogens is 4. The van der Waals surface area contributed by atoms with Crippen molar-refractivity contribution >= 4 is 29.6 Å². The number of fused-ring (bicyclic) bond motifs is 1. The van der Waals surface area contributed by atoms with Crippen LogP contribution in [0.4, 0.5) is 0 Å². The maximum atomic E-state index is 14.1. The van der Waals surface area contributed by atoms with Gasteiger partial charge in [0.25, 0.3) is 5.56 Å². The number of nitrogens with zero attached hydrogens (tertiary/aromatic N) is 3. The first-order chi connectivity index (χ1) is 20.6. The molecule has 0 amide bonds. The Bertz CT molecular complexity index is 1920. The number of hydrogen-bond acceptors (Lipinski definition) is 7. The van der Waals surface area contributed by atoms with Gasteiger partial charge in [0, 0.05) is 59.1 Å². The van der Waals surface area contributed by atoms with E-state index in [1.807, 2.05) is 87.5 Å². The van der Waals surface area contributed by atoms with Crippen molar-refractivity contribution in [1.29, 1.82) is 0 Å². The van der Waals surface area contributed by atoms with Crippen LogP contribution in [0.3, 0.4) is 0 Å². The summed E-state index contributed by atoms with van der Waals surface area (Å²) >= 11 is 0. The Balaban J connectivity index is 0.00000384. The molecule has 1 atom stereocenters. The third-order valence-electron chi connectivity index (χ3n) is 7.87. The second-order valence-electron chi connectivity index (χ2n) is 11.6. The molecule has 2 N–H and O–H groups in total. The number of H-pyrrole nitrogens is 1. The van der Waals surface area contributed by atoms with E-state index < -0.39 is 17.5 Å². The molecule has 0 bridgehead atoms. The average Bonchev–Trinajstić information content (AvgIpc) is 3.41. The van der Waals surface area contributed by atoms with Crippen molar-refractivity contribution in [2.75, 3.05) is 0 Å². The van der Waals surface area contributed by atoms with Gasteiger partial charge in [0.15, 0.2) is 5.82 Å². The molecule has 1 unspecified atom stereocenters. The van der Waals surface area contributed by atoms with Crippen molar-refractivity contribution in [3.8, 4) is 34.0 Å². The van der Waals surface area contributed by atoms with Crippen molar-refractivity contribution in [3.05, 3.63) is 116 Å². The second-order valence-corrected chi connectivity index (χ2v) is 11.6. The van der Waals surface area contributed by atoms with Gasteiger partial charge in [-0.25, -0.2) is 9.78 Å². The van der Waals surface area contributed by atoms with Crippen molar-refractivity contribution in [3.63, 3.8) is 0 Å². The third kappa shape index (κ3) is 6.23. The van der Waals surface area contributed by atoms with Gasteiger partial charge in [0.2, 0.25) is 0 Å². The smallest absolute Gasteiger partial charge is 0.439 e. The van der Waals surface area contributed by atoms with Gasteiger partial charge in [-0.05, 0) is 62.1 Å². The summed E-state index contributed by atoms with van der Waals surface area (Å²) in [7, 11) is 0. The molecule has 3 heterocycles. The fraction of sp³-hybridized carbons (Fsp3) is 0.294. The molecule has 3 aromatic carbocycles. The first-order valence-corrected chi connectivity index (χ1v) is 14.5. The van der Waals surface area contributed by atoms with Crippen molar-refractivity contribution in [2.24, 2.45) is 0 Å². The molecule has 6 rings (SSSR count). The first-order valence-electron chi connectivity index (χ1n) is 14.5. The fourth-order valence-electron chi connectivity index (χ4n) is 5.88. The number of aliphatic hydroxyl groups excluding tert-OH is 1. The minimum Gasteiger partial charge on any atom is -0.487 e. The number of nitrogens with one attached hydrogen (secondary N) is 1. The Kier molecular flexibility index (Phi) is 9.13. The van der Waals surface area contributed by atoms with Crippen LogP contribution in [0.2, 0.25) is 0 Å². The normalized spacial score (nSPS) is 15.2. The average molecular weight is 602 g/mol. The van der Waals surface area contributed by atoms with Crippen LogP contribution in [0.1, 0.15) is 67.9 Å². The van der Waals surface area contributed by atoms with Crippen LogP contribution in [-0.4, -0.2) is 60.0 Å². The van der Waals surface area contributed by atoms with E-state index in [4.69, 9.17) is 14.2 Å². The molecule has 1 aliphatic rings. The van der Waals surface area contributed by atoms with E-state index in [1.54, 1.807) is 4.57 Å². The quantitative estimate of drug-likeness (QED) is 0.243. The molecule has 221 valence electrons. The molecule has 0 saturated heterocycles. The monoisotopic (exact) mass is 601 g/mol. The van der Waals surface area contributed by atoms with Crippen LogP contribution < -0.4 is 16.1 Å². The van der Waals surface area contributed by atoms with Crippen LogP contribution in [0.15, 0.2) is 80.8 Å². The summed E-state index contributed by atoms with van der Waals surface area (Å²) in [6.45, 7) is 7.82. The standard InChI is InChI=1S/C34H34N4O5.Na/c1-5-8-28-26(17-21-11-13-22(14-12-21)24-9-6-7-10-25(24)31-36-33(41)43-37-31)32(40)38(20(2)35-28)23-15-16-30-27(18-23)29(39)19-34(3,4)42-30;/h6-7,9-16,18,29,39H,5,8,17,19H2,1-4H3,(H,36,37,41);. The molecule has 0 aliphatic carbocycles. The van der Waals surface area contributed by atoms with E-state index in [-0.39, 0.29) is 35.1 Å². The van der Waals surface area contributed by atoms with Crippen LogP contribution >= 0.6 is 0 Å². The van der Waals surface area contributed by atoms with E-state index in [1.165, 1.54) is 0 Å². The van der Waals surface area contributed by atoms with Gasteiger partial charge in [0.05, 0.1) is 17.5 Å². The Labute approximate surface area is 277 Å². The minimum absolute atomic E-state index is 0. The molecule has 1 radical (unpaired) electrons. The van der Waals surface area contributed by atoms with E-state index >= 15 is 0 Å². The summed E-state index contributed by atoms with van der Waals surface area (Å²) in [5.74, 6) is 0.987. The van der Waals surface area contributed by atoms with Crippen LogP contribution in [-0.2, 0) is 12.8 Å². The van der Waals surface area contributed by atoms with Gasteiger partial charge in [-0.2, -0.15) is 0 Å². The predicted molar refractivity (Wildman–Crippen MR) is 169 cm³/mol. The Hall–Kier alpha value is -3.76. The van der Waals surface area contributed by atoms with Crippen molar-refractivity contribution < 1.29 is 14.4 Å². The van der Waals surface area contributed by atoms with Crippen molar-refractivity contribution in [2.45, 2.75) is 65.1 Å². The first kappa shape index (κ1) is 31.7. The van der Waals surface area contributed by atoms with E-state index in [9.17, 15) is 14.7 Å². The number of ether oxygens (including phenoxy) is 1. The molecule has 0 fully saturated rings. The minimum atomic E-state index is -0.685. The summed E-state index contributed by atoms with van der Waals surface area (Å²) in [5, 5.41) is 14.7. The Morgan fingerprint density at radius 2 is 1.77 bits per heavy atom. The molecule has 10 heteroatoms. The molecule has 1 aliphatic heterocycles. The van der Waals surface area contributed by atoms with Crippen LogP contribution in [0, 0.1) is 6.92 Å². The van der Waals surface area contributed by atoms with Gasteiger partial charge in [-0.15, -0.1) is 0 Å². The molecule has 2 aromatic heterocycles. The topological polar surface area (TPSA) is 123 Å². The Morgan fingerprint density at radius 1 is 1.05 bits per heavy atom. The predicted octanol–water partition coefficient (Wildman–Crippen LogP) is 5.31. The molecule has 0 spiro atoms. The Morgan fingerprint density at radius 3 is 2.45 bits per heavy atom. The molecule has 0 saturated carbocycles. The zero-order valence-electron chi connectivity index (χ0n) is 25.7. The fourth-order valence-corrected chi connectivity index (χ4v) is 5.88. The summed E-state index contributed by atoms with van der Waals surface area (Å²) in [5.41, 5.74) is 5.74. The molecule has 9 nitrogen and oxygen atoms in total.